The molecule has 0 bridgehead atoms. The molecule has 4 heterocycles. The van der Waals surface area contributed by atoms with E-state index in [0.29, 0.717) is 0 Å². The molecule has 1 aliphatic heterocycles. The zero-order valence-electron chi connectivity index (χ0n) is 29.1. The van der Waals surface area contributed by atoms with Gasteiger partial charge in [-0.3, -0.25) is 4.57 Å². The first-order chi connectivity index (χ1) is 26.8. The normalized spacial score (nSPS) is 15.5. The van der Waals surface area contributed by atoms with E-state index in [2.05, 4.69) is 196 Å². The fourth-order valence-electron chi connectivity index (χ4n) is 10.3. The van der Waals surface area contributed by atoms with Crippen LogP contribution in [0, 0.1) is 0 Å². The van der Waals surface area contributed by atoms with Crippen molar-refractivity contribution in [3.8, 4) is 28.2 Å². The van der Waals surface area contributed by atoms with Crippen molar-refractivity contribution in [3.05, 3.63) is 205 Å². The number of hydrogen-bond acceptors (Lipinski definition) is 1. The van der Waals surface area contributed by atoms with Gasteiger partial charge in [-0.05, 0) is 82.9 Å². The van der Waals surface area contributed by atoms with E-state index >= 15 is 0 Å². The van der Waals surface area contributed by atoms with Gasteiger partial charge in [0.1, 0.15) is 11.2 Å². The monoisotopic (exact) mass is 686 g/mol. The Balaban J connectivity index is 1.18. The topological polar surface area (TPSA) is 27.7 Å². The molecule has 0 saturated heterocycles. The molecule has 0 radical (unpaired) electrons. The summed E-state index contributed by atoms with van der Waals surface area (Å²) in [6.07, 6.45) is 0. The van der Waals surface area contributed by atoms with Gasteiger partial charge in [0.2, 0.25) is 0 Å². The first-order valence-corrected chi connectivity index (χ1v) is 18.7. The van der Waals surface area contributed by atoms with Crippen molar-refractivity contribution in [1.29, 1.82) is 0 Å². The molecule has 11 aromatic rings. The lowest BCUT2D eigenvalue weighted by molar-refractivity contribution is 0.737. The third-order valence-corrected chi connectivity index (χ3v) is 12.2. The molecule has 1 atom stereocenters. The second kappa shape index (κ2) is 10.0. The first kappa shape index (κ1) is 28.4. The van der Waals surface area contributed by atoms with Gasteiger partial charge in [-0.25, -0.2) is 4.98 Å². The van der Waals surface area contributed by atoms with Crippen LogP contribution < -0.4 is 0 Å². The fraction of sp³-hybridized carbons (Fsp3) is 0.0200. The highest BCUT2D eigenvalue weighted by molar-refractivity contribution is 6.29. The Morgan fingerprint density at radius 2 is 0.944 bits per heavy atom. The molecule has 0 fully saturated rings. The van der Waals surface area contributed by atoms with E-state index in [9.17, 15) is 0 Å². The Morgan fingerprint density at radius 3 is 1.74 bits per heavy atom. The molecule has 2 aliphatic rings. The molecular weight excluding hydrogens is 657 g/mol. The molecule has 0 saturated carbocycles. The van der Waals surface area contributed by atoms with Crippen molar-refractivity contribution in [2.24, 2.45) is 0 Å². The van der Waals surface area contributed by atoms with Crippen molar-refractivity contribution in [1.82, 2.24) is 18.7 Å². The fourth-order valence-corrected chi connectivity index (χ4v) is 10.3. The van der Waals surface area contributed by atoms with E-state index in [1.54, 1.807) is 0 Å². The molecule has 1 aliphatic carbocycles. The van der Waals surface area contributed by atoms with Crippen LogP contribution in [0.15, 0.2) is 182 Å². The van der Waals surface area contributed by atoms with Crippen LogP contribution in [0.3, 0.4) is 0 Å². The summed E-state index contributed by atoms with van der Waals surface area (Å²) >= 11 is 0. The molecule has 8 aromatic carbocycles. The average molecular weight is 687 g/mol. The molecule has 1 unspecified atom stereocenters. The van der Waals surface area contributed by atoms with E-state index < -0.39 is 5.41 Å². The molecule has 3 aromatic heterocycles. The Kier molecular flexibility index (Phi) is 5.28. The third kappa shape index (κ3) is 3.25. The molecular formula is C50H30N4. The zero-order valence-corrected chi connectivity index (χ0v) is 29.1. The van der Waals surface area contributed by atoms with Crippen LogP contribution in [0.25, 0.3) is 82.8 Å². The maximum absolute atomic E-state index is 5.48. The number of nitrogens with zero attached hydrogens (tertiary/aromatic N) is 4. The molecule has 4 heteroatoms. The summed E-state index contributed by atoms with van der Waals surface area (Å²) in [6, 6.07) is 66.7. The Hall–Kier alpha value is -7.17. The summed E-state index contributed by atoms with van der Waals surface area (Å²) in [5.74, 6) is 1.06. The number of fused-ring (bicyclic) bond motifs is 19. The number of rotatable bonds is 2. The molecule has 4 nitrogen and oxygen atoms in total. The SMILES string of the molecule is c1ccc(-n2c3ccccc3c3c4c5ccccc5n(-c5cccc6c5-c5ccccc5C65c6ccccc6-n6c5nc5ccccc56)c4ccc32)cc1. The van der Waals surface area contributed by atoms with Crippen molar-refractivity contribution >= 4 is 54.6 Å². The first-order valence-electron chi connectivity index (χ1n) is 18.7. The standard InChI is InChI=1S/C50H30N4/c1-2-15-31(16-3-1)52-39-24-10-5-18-33(39)47-44(52)29-30-45-48(47)34-19-6-11-25-40(34)53(45)43-28-14-22-37-46(43)32-17-4-7-20-35(32)50(37)36-21-8-12-26-41(36)54-42-27-13-9-23-38(42)51-49(50)54/h1-30H. The third-order valence-electron chi connectivity index (χ3n) is 12.2. The lowest BCUT2D eigenvalue weighted by Gasteiger charge is -2.27. The quantitative estimate of drug-likeness (QED) is 0.178. The summed E-state index contributed by atoms with van der Waals surface area (Å²) < 4.78 is 7.35. The second-order valence-electron chi connectivity index (χ2n) is 14.7. The predicted molar refractivity (Wildman–Crippen MR) is 221 cm³/mol. The molecule has 250 valence electrons. The lowest BCUT2D eigenvalue weighted by atomic mass is 9.73. The van der Waals surface area contributed by atoms with E-state index in [0.717, 1.165) is 22.5 Å². The summed E-state index contributed by atoms with van der Waals surface area (Å²) in [6.45, 7) is 0. The number of para-hydroxylation sites is 6. The van der Waals surface area contributed by atoms with Gasteiger partial charge in [0, 0.05) is 32.8 Å². The highest BCUT2D eigenvalue weighted by Crippen LogP contribution is 2.61. The Morgan fingerprint density at radius 1 is 0.370 bits per heavy atom. The highest BCUT2D eigenvalue weighted by atomic mass is 15.1. The minimum Gasteiger partial charge on any atom is -0.309 e. The van der Waals surface area contributed by atoms with Crippen LogP contribution in [0.4, 0.5) is 0 Å². The second-order valence-corrected chi connectivity index (χ2v) is 14.7. The molecule has 1 spiro atoms. The van der Waals surface area contributed by atoms with Crippen molar-refractivity contribution in [2.45, 2.75) is 5.41 Å². The number of imidazole rings is 1. The van der Waals surface area contributed by atoms with Gasteiger partial charge in [0.25, 0.3) is 0 Å². The number of benzene rings is 8. The number of aromatic nitrogens is 4. The lowest BCUT2D eigenvalue weighted by Crippen LogP contribution is -2.27. The van der Waals surface area contributed by atoms with E-state index in [1.807, 2.05) is 0 Å². The van der Waals surface area contributed by atoms with Crippen LogP contribution >= 0.6 is 0 Å². The van der Waals surface area contributed by atoms with Gasteiger partial charge in [-0.2, -0.15) is 0 Å². The maximum atomic E-state index is 5.48. The average Bonchev–Trinajstić information content (AvgIpc) is 4.01. The van der Waals surface area contributed by atoms with E-state index in [4.69, 9.17) is 4.98 Å². The van der Waals surface area contributed by atoms with Gasteiger partial charge in [-0.1, -0.05) is 121 Å². The van der Waals surface area contributed by atoms with Gasteiger partial charge in [-0.15, -0.1) is 0 Å². The van der Waals surface area contributed by atoms with Crippen molar-refractivity contribution in [2.75, 3.05) is 0 Å². The van der Waals surface area contributed by atoms with Gasteiger partial charge < -0.3 is 9.13 Å². The van der Waals surface area contributed by atoms with Crippen molar-refractivity contribution < 1.29 is 0 Å². The minimum atomic E-state index is -0.563. The summed E-state index contributed by atoms with van der Waals surface area (Å²) in [7, 11) is 0. The molecule has 13 rings (SSSR count). The number of hydrogen-bond donors (Lipinski definition) is 0. The Bertz CT molecular complexity index is 3400. The van der Waals surface area contributed by atoms with Crippen LogP contribution in [0.2, 0.25) is 0 Å². The van der Waals surface area contributed by atoms with Crippen LogP contribution in [-0.2, 0) is 5.41 Å². The van der Waals surface area contributed by atoms with Crippen molar-refractivity contribution in [3.63, 3.8) is 0 Å². The van der Waals surface area contributed by atoms with Crippen LogP contribution in [-0.4, -0.2) is 18.7 Å². The smallest absolute Gasteiger partial charge is 0.134 e. The van der Waals surface area contributed by atoms with E-state index in [-0.39, 0.29) is 0 Å². The van der Waals surface area contributed by atoms with Crippen LogP contribution in [0.1, 0.15) is 22.5 Å². The largest absolute Gasteiger partial charge is 0.309 e. The molecule has 0 N–H and O–H groups in total. The maximum Gasteiger partial charge on any atom is 0.134 e. The summed E-state index contributed by atoms with van der Waals surface area (Å²) in [5.41, 5.74) is 16.3. The zero-order chi connectivity index (χ0) is 35.1. The highest BCUT2D eigenvalue weighted by Gasteiger charge is 2.54. The predicted octanol–water partition coefficient (Wildman–Crippen LogP) is 11.9. The summed E-state index contributed by atoms with van der Waals surface area (Å²) in [4.78, 5) is 5.48. The van der Waals surface area contributed by atoms with Gasteiger partial charge in [0.05, 0.1) is 44.5 Å². The van der Waals surface area contributed by atoms with Crippen LogP contribution in [0.5, 0.6) is 0 Å². The van der Waals surface area contributed by atoms with Gasteiger partial charge in [0.15, 0.2) is 0 Å². The molecule has 0 amide bonds. The Labute approximate surface area is 310 Å². The minimum absolute atomic E-state index is 0.563. The molecule has 54 heavy (non-hydrogen) atoms. The van der Waals surface area contributed by atoms with E-state index in [1.165, 1.54) is 82.8 Å². The summed E-state index contributed by atoms with van der Waals surface area (Å²) in [5, 5.41) is 5.07. The van der Waals surface area contributed by atoms with Gasteiger partial charge >= 0.3 is 0 Å².